The summed E-state index contributed by atoms with van der Waals surface area (Å²) in [6.45, 7) is 2.22. The standard InChI is InChI=1S/C22H21NO3/c1-3-26-22(24)21-20(23(21)16-11-13-17(25-2)14-12-16)19-10-6-8-15-7-4-5-9-18(15)19/h4-14,20-21H,3H2,1-2H3/t20-,21-,23?/m1/s1. The van der Waals surface area contributed by atoms with Crippen LogP contribution >= 0.6 is 0 Å². The van der Waals surface area contributed by atoms with E-state index >= 15 is 0 Å². The lowest BCUT2D eigenvalue weighted by atomic mass is 10.0. The normalized spacial score (nSPS) is 18.6. The monoisotopic (exact) mass is 347 g/mol. The van der Waals surface area contributed by atoms with E-state index < -0.39 is 0 Å². The lowest BCUT2D eigenvalue weighted by Gasteiger charge is -2.09. The smallest absolute Gasteiger partial charge is 0.331 e. The van der Waals surface area contributed by atoms with Crippen LogP contribution in [0, 0.1) is 0 Å². The summed E-state index contributed by atoms with van der Waals surface area (Å²) in [7, 11) is 1.65. The Bertz CT molecular complexity index is 930. The molecule has 2 atom stereocenters. The van der Waals surface area contributed by atoms with Crippen molar-refractivity contribution in [1.82, 2.24) is 0 Å². The molecule has 0 radical (unpaired) electrons. The highest BCUT2D eigenvalue weighted by Crippen LogP contribution is 2.49. The number of benzene rings is 3. The fraction of sp³-hybridized carbons (Fsp3) is 0.227. The summed E-state index contributed by atoms with van der Waals surface area (Å²) in [6.07, 6.45) is 0. The van der Waals surface area contributed by atoms with Gasteiger partial charge in [-0.1, -0.05) is 42.5 Å². The average Bonchev–Trinajstić information content (AvgIpc) is 3.43. The summed E-state index contributed by atoms with van der Waals surface area (Å²) in [5.74, 6) is 0.617. The van der Waals surface area contributed by atoms with Crippen LogP contribution in [0.2, 0.25) is 0 Å². The summed E-state index contributed by atoms with van der Waals surface area (Å²) < 4.78 is 10.6. The van der Waals surface area contributed by atoms with E-state index in [4.69, 9.17) is 9.47 Å². The lowest BCUT2D eigenvalue weighted by Crippen LogP contribution is -2.15. The molecule has 1 saturated heterocycles. The first-order valence-corrected chi connectivity index (χ1v) is 8.81. The molecule has 0 bridgehead atoms. The van der Waals surface area contributed by atoms with Crippen LogP contribution in [-0.2, 0) is 9.53 Å². The topological polar surface area (TPSA) is 38.5 Å². The zero-order valence-electron chi connectivity index (χ0n) is 14.9. The van der Waals surface area contributed by atoms with E-state index in [0.717, 1.165) is 17.0 Å². The third-order valence-corrected chi connectivity index (χ3v) is 4.85. The molecule has 26 heavy (non-hydrogen) atoms. The van der Waals surface area contributed by atoms with Crippen molar-refractivity contribution in [2.75, 3.05) is 18.6 Å². The molecule has 0 unspecified atom stereocenters. The molecule has 4 rings (SSSR count). The highest BCUT2D eigenvalue weighted by Gasteiger charge is 2.55. The van der Waals surface area contributed by atoms with Crippen molar-refractivity contribution in [1.29, 1.82) is 0 Å². The Kier molecular flexibility index (Phi) is 4.25. The molecule has 0 N–H and O–H groups in total. The molecule has 0 spiro atoms. The number of ether oxygens (including phenoxy) is 2. The summed E-state index contributed by atoms with van der Waals surface area (Å²) in [6, 6.07) is 22.0. The molecule has 0 saturated carbocycles. The SMILES string of the molecule is CCOC(=O)[C@H]1[C@@H](c2cccc3ccccc23)N1c1ccc(OC)cc1. The minimum atomic E-state index is -0.297. The summed E-state index contributed by atoms with van der Waals surface area (Å²) in [5.41, 5.74) is 2.14. The third-order valence-electron chi connectivity index (χ3n) is 4.85. The summed E-state index contributed by atoms with van der Waals surface area (Å²) in [4.78, 5) is 14.7. The Morgan fingerprint density at radius 1 is 1.00 bits per heavy atom. The summed E-state index contributed by atoms with van der Waals surface area (Å²) >= 11 is 0. The Balaban J connectivity index is 1.75. The molecular formula is C22H21NO3. The second-order valence-electron chi connectivity index (χ2n) is 6.32. The first-order chi connectivity index (χ1) is 12.7. The van der Waals surface area contributed by atoms with Gasteiger partial charge in [0.1, 0.15) is 5.75 Å². The van der Waals surface area contributed by atoms with Gasteiger partial charge in [-0.2, -0.15) is 0 Å². The summed E-state index contributed by atoms with van der Waals surface area (Å²) in [5, 5.41) is 2.35. The third kappa shape index (κ3) is 2.77. The zero-order chi connectivity index (χ0) is 18.1. The molecule has 4 nitrogen and oxygen atoms in total. The molecular weight excluding hydrogens is 326 g/mol. The molecule has 132 valence electrons. The van der Waals surface area contributed by atoms with Crippen molar-refractivity contribution in [2.24, 2.45) is 0 Å². The fourth-order valence-electron chi connectivity index (χ4n) is 3.61. The molecule has 0 aliphatic carbocycles. The highest BCUT2D eigenvalue weighted by molar-refractivity contribution is 5.94. The van der Waals surface area contributed by atoms with Gasteiger partial charge in [-0.25, -0.2) is 4.79 Å². The Hall–Kier alpha value is -3.01. The quantitative estimate of drug-likeness (QED) is 0.508. The van der Waals surface area contributed by atoms with Gasteiger partial charge in [0, 0.05) is 5.69 Å². The number of hydrogen-bond donors (Lipinski definition) is 0. The van der Waals surface area contributed by atoms with Gasteiger partial charge in [-0.3, -0.25) is 0 Å². The van der Waals surface area contributed by atoms with Crippen LogP contribution in [-0.4, -0.2) is 25.7 Å². The lowest BCUT2D eigenvalue weighted by molar-refractivity contribution is -0.142. The molecule has 1 aliphatic heterocycles. The van der Waals surface area contributed by atoms with Gasteiger partial charge >= 0.3 is 5.97 Å². The van der Waals surface area contributed by atoms with Crippen molar-refractivity contribution in [2.45, 2.75) is 19.0 Å². The van der Waals surface area contributed by atoms with Gasteiger partial charge in [-0.15, -0.1) is 0 Å². The number of nitrogens with zero attached hydrogens (tertiary/aromatic N) is 1. The molecule has 3 aromatic carbocycles. The van der Waals surface area contributed by atoms with Gasteiger partial charge in [0.05, 0.1) is 19.8 Å². The maximum absolute atomic E-state index is 12.5. The predicted octanol–water partition coefficient (Wildman–Crippen LogP) is 4.34. The molecule has 3 aromatic rings. The van der Waals surface area contributed by atoms with Crippen molar-refractivity contribution < 1.29 is 14.3 Å². The molecule has 1 heterocycles. The van der Waals surface area contributed by atoms with Gasteiger partial charge in [0.25, 0.3) is 0 Å². The molecule has 4 heteroatoms. The minimum absolute atomic E-state index is 0.0199. The van der Waals surface area contributed by atoms with E-state index in [1.54, 1.807) is 7.11 Å². The van der Waals surface area contributed by atoms with Gasteiger partial charge < -0.3 is 14.4 Å². The van der Waals surface area contributed by atoms with Crippen molar-refractivity contribution >= 4 is 22.4 Å². The van der Waals surface area contributed by atoms with Crippen molar-refractivity contribution in [3.05, 3.63) is 72.3 Å². The first kappa shape index (κ1) is 16.5. The van der Waals surface area contributed by atoms with E-state index in [0.29, 0.717) is 6.61 Å². The largest absolute Gasteiger partial charge is 0.497 e. The minimum Gasteiger partial charge on any atom is -0.497 e. The molecule has 1 fully saturated rings. The van der Waals surface area contributed by atoms with Crippen LogP contribution < -0.4 is 9.64 Å². The maximum atomic E-state index is 12.5. The first-order valence-electron chi connectivity index (χ1n) is 8.81. The van der Waals surface area contributed by atoms with Crippen LogP contribution in [0.1, 0.15) is 18.5 Å². The molecule has 0 amide bonds. The van der Waals surface area contributed by atoms with E-state index in [1.807, 2.05) is 49.4 Å². The maximum Gasteiger partial charge on any atom is 0.331 e. The van der Waals surface area contributed by atoms with Crippen LogP contribution in [0.5, 0.6) is 5.75 Å². The van der Waals surface area contributed by atoms with Crippen molar-refractivity contribution in [3.63, 3.8) is 0 Å². The number of rotatable bonds is 5. The van der Waals surface area contributed by atoms with Crippen LogP contribution in [0.3, 0.4) is 0 Å². The van der Waals surface area contributed by atoms with E-state index in [-0.39, 0.29) is 18.1 Å². The Morgan fingerprint density at radius 2 is 1.73 bits per heavy atom. The van der Waals surface area contributed by atoms with Gasteiger partial charge in [0.2, 0.25) is 0 Å². The van der Waals surface area contributed by atoms with Crippen molar-refractivity contribution in [3.8, 4) is 5.75 Å². The highest BCUT2D eigenvalue weighted by atomic mass is 16.5. The second kappa shape index (κ2) is 6.71. The van der Waals surface area contributed by atoms with E-state index in [9.17, 15) is 4.79 Å². The second-order valence-corrected chi connectivity index (χ2v) is 6.32. The number of fused-ring (bicyclic) bond motifs is 1. The molecule has 1 aliphatic rings. The van der Waals surface area contributed by atoms with Crippen LogP contribution in [0.15, 0.2) is 66.7 Å². The fourth-order valence-corrected chi connectivity index (χ4v) is 3.61. The number of hydrogen-bond acceptors (Lipinski definition) is 4. The Morgan fingerprint density at radius 3 is 2.46 bits per heavy atom. The van der Waals surface area contributed by atoms with Gasteiger partial charge in [0.15, 0.2) is 6.04 Å². The number of carbonyl (C=O) groups excluding carboxylic acids is 1. The van der Waals surface area contributed by atoms with E-state index in [2.05, 4.69) is 29.2 Å². The number of anilines is 1. The zero-order valence-corrected chi connectivity index (χ0v) is 14.9. The number of carbonyl (C=O) groups is 1. The van der Waals surface area contributed by atoms with Gasteiger partial charge in [-0.05, 0) is 47.5 Å². The number of methoxy groups -OCH3 is 1. The predicted molar refractivity (Wildman–Crippen MR) is 103 cm³/mol. The van der Waals surface area contributed by atoms with E-state index in [1.165, 1.54) is 10.8 Å². The Labute approximate surface area is 153 Å². The average molecular weight is 347 g/mol. The van der Waals surface area contributed by atoms with Crippen LogP contribution in [0.4, 0.5) is 5.69 Å². The van der Waals surface area contributed by atoms with Crippen LogP contribution in [0.25, 0.3) is 10.8 Å². The number of esters is 1. The molecule has 0 aromatic heterocycles.